The van der Waals surface area contributed by atoms with Crippen molar-refractivity contribution < 1.29 is 9.90 Å². The summed E-state index contributed by atoms with van der Waals surface area (Å²) in [5.41, 5.74) is 3.58. The molecule has 1 unspecified atom stereocenters. The molecule has 3 nitrogen and oxygen atoms in total. The highest BCUT2D eigenvalue weighted by atomic mass is 16.2. The maximum absolute atomic E-state index is 13.3. The Hall–Kier alpha value is -2.00. The van der Waals surface area contributed by atoms with Crippen LogP contribution in [0.5, 0.6) is 0 Å². The number of aliphatic hydroxyl groups is 1. The van der Waals surface area contributed by atoms with E-state index in [2.05, 4.69) is 30.1 Å². The lowest BCUT2D eigenvalue weighted by molar-refractivity contribution is -0.123. The number of fused-ring (bicyclic) bond motifs is 3. The van der Waals surface area contributed by atoms with Crippen LogP contribution in [0.1, 0.15) is 56.7 Å². The second-order valence-electron chi connectivity index (χ2n) is 6.56. The molecule has 24 heavy (non-hydrogen) atoms. The summed E-state index contributed by atoms with van der Waals surface area (Å²) in [7, 11) is 0. The van der Waals surface area contributed by atoms with Crippen LogP contribution < -0.4 is 0 Å². The summed E-state index contributed by atoms with van der Waals surface area (Å²) in [6.45, 7) is 2.27. The average molecular weight is 323 g/mol. The van der Waals surface area contributed by atoms with Crippen molar-refractivity contribution in [3.05, 3.63) is 53.9 Å². The Labute approximate surface area is 143 Å². The highest BCUT2D eigenvalue weighted by molar-refractivity contribution is 6.00. The second-order valence-corrected chi connectivity index (χ2v) is 6.56. The molecule has 0 saturated heterocycles. The van der Waals surface area contributed by atoms with Gasteiger partial charge in [-0.1, -0.05) is 43.7 Å². The zero-order valence-electron chi connectivity index (χ0n) is 14.3. The van der Waals surface area contributed by atoms with E-state index in [1.54, 1.807) is 6.20 Å². The Morgan fingerprint density at radius 1 is 1.08 bits per heavy atom. The average Bonchev–Trinajstić information content (AvgIpc) is 2.92. The summed E-state index contributed by atoms with van der Waals surface area (Å²) in [4.78, 5) is 18.0. The molecule has 0 spiro atoms. The molecule has 2 aromatic rings. The minimum absolute atomic E-state index is 0.163. The molecule has 3 rings (SSSR count). The topological polar surface area (TPSA) is 50.2 Å². The molecule has 1 heterocycles. The lowest BCUT2D eigenvalue weighted by Gasteiger charge is -2.30. The van der Waals surface area contributed by atoms with E-state index in [1.165, 1.54) is 0 Å². The standard InChI is InChI=1S/C21H25NO2/c1-2-3-12-19(24)21(13-6-7-15-23)18-11-5-4-9-16(18)17-10-8-14-22-20(17)21/h4-5,8-11,14,23H,2-3,6-7,12-13,15H2,1H3. The molecule has 1 atom stereocenters. The van der Waals surface area contributed by atoms with Crippen LogP contribution in [-0.4, -0.2) is 22.5 Å². The molecule has 0 fully saturated rings. The molecule has 1 aromatic heterocycles. The number of ketones is 1. The van der Waals surface area contributed by atoms with Crippen molar-refractivity contribution in [1.29, 1.82) is 0 Å². The molecule has 1 aliphatic carbocycles. The third-order valence-electron chi connectivity index (χ3n) is 5.08. The third-order valence-corrected chi connectivity index (χ3v) is 5.08. The predicted octanol–water partition coefficient (Wildman–Crippen LogP) is 4.27. The van der Waals surface area contributed by atoms with Crippen LogP contribution in [-0.2, 0) is 10.2 Å². The van der Waals surface area contributed by atoms with Gasteiger partial charge < -0.3 is 5.11 Å². The lowest BCUT2D eigenvalue weighted by atomic mass is 9.71. The van der Waals surface area contributed by atoms with Crippen LogP contribution in [0.2, 0.25) is 0 Å². The van der Waals surface area contributed by atoms with Crippen molar-refractivity contribution in [2.75, 3.05) is 6.61 Å². The Morgan fingerprint density at radius 3 is 2.67 bits per heavy atom. The summed E-state index contributed by atoms with van der Waals surface area (Å²) in [6, 6.07) is 12.2. The Kier molecular flexibility index (Phi) is 5.10. The van der Waals surface area contributed by atoms with Crippen molar-refractivity contribution in [1.82, 2.24) is 4.98 Å². The van der Waals surface area contributed by atoms with Gasteiger partial charge in [0, 0.05) is 24.8 Å². The van der Waals surface area contributed by atoms with Crippen molar-refractivity contribution >= 4 is 5.78 Å². The molecule has 0 amide bonds. The number of aromatic nitrogens is 1. The van der Waals surface area contributed by atoms with Crippen molar-refractivity contribution in [2.45, 2.75) is 50.9 Å². The monoisotopic (exact) mass is 323 g/mol. The smallest absolute Gasteiger partial charge is 0.149 e. The number of nitrogens with zero attached hydrogens (tertiary/aromatic N) is 1. The van der Waals surface area contributed by atoms with Gasteiger partial charge in [-0.15, -0.1) is 0 Å². The zero-order valence-corrected chi connectivity index (χ0v) is 14.3. The van der Waals surface area contributed by atoms with Gasteiger partial charge in [-0.2, -0.15) is 0 Å². The molecule has 1 N–H and O–H groups in total. The molecule has 0 saturated carbocycles. The molecule has 0 radical (unpaired) electrons. The van der Waals surface area contributed by atoms with Crippen LogP contribution in [0, 0.1) is 0 Å². The van der Waals surface area contributed by atoms with Gasteiger partial charge in [-0.25, -0.2) is 0 Å². The number of aliphatic hydroxyl groups excluding tert-OH is 1. The first-order chi connectivity index (χ1) is 11.8. The highest BCUT2D eigenvalue weighted by Gasteiger charge is 2.48. The van der Waals surface area contributed by atoms with Gasteiger partial charge in [-0.3, -0.25) is 9.78 Å². The Bertz CT molecular complexity index is 678. The van der Waals surface area contributed by atoms with Gasteiger partial charge in [0.1, 0.15) is 5.78 Å². The Morgan fingerprint density at radius 2 is 1.88 bits per heavy atom. The van der Waals surface area contributed by atoms with E-state index in [9.17, 15) is 9.90 Å². The van der Waals surface area contributed by atoms with E-state index in [4.69, 9.17) is 0 Å². The van der Waals surface area contributed by atoms with Crippen LogP contribution in [0.15, 0.2) is 42.6 Å². The van der Waals surface area contributed by atoms with Crippen molar-refractivity contribution in [3.8, 4) is 11.1 Å². The predicted molar refractivity (Wildman–Crippen MR) is 95.9 cm³/mol. The summed E-state index contributed by atoms with van der Waals surface area (Å²) in [5, 5.41) is 9.19. The number of benzene rings is 1. The first-order valence-corrected chi connectivity index (χ1v) is 8.95. The number of carbonyl (C=O) groups is 1. The van der Waals surface area contributed by atoms with Gasteiger partial charge in [0.25, 0.3) is 0 Å². The summed E-state index contributed by atoms with van der Waals surface area (Å²) >= 11 is 0. The number of hydrogen-bond acceptors (Lipinski definition) is 3. The van der Waals surface area contributed by atoms with Gasteiger partial charge >= 0.3 is 0 Å². The number of hydrogen-bond donors (Lipinski definition) is 1. The van der Waals surface area contributed by atoms with Crippen LogP contribution in [0.4, 0.5) is 0 Å². The first kappa shape index (κ1) is 16.8. The SMILES string of the molecule is CCCCC(=O)C1(CCCCO)c2ccccc2-c2cccnc21. The molecule has 1 aliphatic rings. The van der Waals surface area contributed by atoms with Gasteiger partial charge in [0.15, 0.2) is 0 Å². The molecule has 3 heteroatoms. The highest BCUT2D eigenvalue weighted by Crippen LogP contribution is 2.51. The number of rotatable bonds is 8. The van der Waals surface area contributed by atoms with Gasteiger partial charge in [-0.05, 0) is 42.9 Å². The van der Waals surface area contributed by atoms with Crippen molar-refractivity contribution in [3.63, 3.8) is 0 Å². The Balaban J connectivity index is 2.14. The zero-order chi connectivity index (χ0) is 17.0. The molecule has 0 bridgehead atoms. The number of pyridine rings is 1. The second kappa shape index (κ2) is 7.27. The largest absolute Gasteiger partial charge is 0.396 e. The van der Waals surface area contributed by atoms with E-state index in [-0.39, 0.29) is 12.4 Å². The minimum Gasteiger partial charge on any atom is -0.396 e. The fraction of sp³-hybridized carbons (Fsp3) is 0.429. The summed E-state index contributed by atoms with van der Waals surface area (Å²) in [6.07, 6.45) is 6.54. The fourth-order valence-electron chi connectivity index (χ4n) is 3.91. The van der Waals surface area contributed by atoms with E-state index in [1.807, 2.05) is 18.2 Å². The molecular weight excluding hydrogens is 298 g/mol. The summed E-state index contributed by atoms with van der Waals surface area (Å²) in [5.74, 6) is 0.271. The first-order valence-electron chi connectivity index (χ1n) is 8.95. The minimum atomic E-state index is -0.641. The van der Waals surface area contributed by atoms with E-state index in [0.29, 0.717) is 12.8 Å². The van der Waals surface area contributed by atoms with E-state index in [0.717, 1.165) is 48.1 Å². The maximum Gasteiger partial charge on any atom is 0.149 e. The number of Topliss-reactive ketones (excluding diaryl/α,β-unsaturated/α-hetero) is 1. The number of unbranched alkanes of at least 4 members (excludes halogenated alkanes) is 2. The van der Waals surface area contributed by atoms with E-state index >= 15 is 0 Å². The van der Waals surface area contributed by atoms with Gasteiger partial charge in [0.2, 0.25) is 0 Å². The van der Waals surface area contributed by atoms with Crippen LogP contribution in [0.3, 0.4) is 0 Å². The maximum atomic E-state index is 13.3. The van der Waals surface area contributed by atoms with Crippen LogP contribution in [0.25, 0.3) is 11.1 Å². The lowest BCUT2D eigenvalue weighted by Crippen LogP contribution is -2.36. The fourth-order valence-corrected chi connectivity index (χ4v) is 3.91. The molecule has 1 aromatic carbocycles. The summed E-state index contributed by atoms with van der Waals surface area (Å²) < 4.78 is 0. The molecular formula is C21H25NO2. The third kappa shape index (κ3) is 2.67. The molecule has 126 valence electrons. The van der Waals surface area contributed by atoms with E-state index < -0.39 is 5.41 Å². The number of carbonyl (C=O) groups excluding carboxylic acids is 1. The van der Waals surface area contributed by atoms with Crippen LogP contribution >= 0.6 is 0 Å². The molecule has 0 aliphatic heterocycles. The normalized spacial score (nSPS) is 18.2. The van der Waals surface area contributed by atoms with Crippen molar-refractivity contribution in [2.24, 2.45) is 0 Å². The van der Waals surface area contributed by atoms with Gasteiger partial charge in [0.05, 0.1) is 11.1 Å². The quantitative estimate of drug-likeness (QED) is 0.738.